The summed E-state index contributed by atoms with van der Waals surface area (Å²) in [6.45, 7) is 0. The van der Waals surface area contributed by atoms with E-state index in [-0.39, 0.29) is 11.8 Å². The van der Waals surface area contributed by atoms with Crippen molar-refractivity contribution in [2.24, 2.45) is 11.7 Å². The fraction of sp³-hybridized carbons (Fsp3) is 0.364. The van der Waals surface area contributed by atoms with Crippen molar-refractivity contribution in [2.45, 2.75) is 11.2 Å². The molecule has 0 bridgehead atoms. The summed E-state index contributed by atoms with van der Waals surface area (Å²) in [5, 5.41) is -0.438. The predicted octanol–water partition coefficient (Wildman–Crippen LogP) is 1.10. The second kappa shape index (κ2) is 3.82. The van der Waals surface area contributed by atoms with Crippen LogP contribution in [0, 0.1) is 5.92 Å². The van der Waals surface area contributed by atoms with Crippen LogP contribution < -0.4 is 5.73 Å². The van der Waals surface area contributed by atoms with Gasteiger partial charge in [0, 0.05) is 18.1 Å². The van der Waals surface area contributed by atoms with Gasteiger partial charge in [-0.1, -0.05) is 42.5 Å². The molecule has 0 unspecified atom stereocenters. The molecule has 0 radical (unpaired) electrons. The minimum atomic E-state index is -3.09. The highest BCUT2D eigenvalue weighted by Gasteiger charge is 2.58. The summed E-state index contributed by atoms with van der Waals surface area (Å²) in [7, 11) is -3.09. The van der Waals surface area contributed by atoms with E-state index in [9.17, 15) is 8.42 Å². The smallest absolute Gasteiger partial charge is 0.151 e. The van der Waals surface area contributed by atoms with Crippen molar-refractivity contribution in [3.63, 3.8) is 0 Å². The molecule has 0 heterocycles. The molecule has 0 aromatic heterocycles. The zero-order valence-electron chi connectivity index (χ0n) is 8.83. The molecule has 1 aliphatic rings. The van der Waals surface area contributed by atoms with Gasteiger partial charge in [-0.3, -0.25) is 0 Å². The van der Waals surface area contributed by atoms with E-state index in [0.717, 1.165) is 5.56 Å². The molecule has 3 nitrogen and oxygen atoms in total. The van der Waals surface area contributed by atoms with E-state index in [4.69, 9.17) is 18.0 Å². The zero-order valence-corrected chi connectivity index (χ0v) is 10.5. The Balaban J connectivity index is 2.34. The molecule has 16 heavy (non-hydrogen) atoms. The number of nitrogens with two attached hydrogens (primary N) is 1. The minimum Gasteiger partial charge on any atom is -0.393 e. The van der Waals surface area contributed by atoms with Crippen molar-refractivity contribution < 1.29 is 8.42 Å². The van der Waals surface area contributed by atoms with Crippen LogP contribution >= 0.6 is 12.2 Å². The minimum absolute atomic E-state index is 0.0614. The van der Waals surface area contributed by atoms with E-state index in [1.165, 1.54) is 6.26 Å². The molecule has 86 valence electrons. The fourth-order valence-electron chi connectivity index (χ4n) is 2.23. The molecule has 1 fully saturated rings. The van der Waals surface area contributed by atoms with Crippen LogP contribution in [0.3, 0.4) is 0 Å². The lowest BCUT2D eigenvalue weighted by Gasteiger charge is -1.97. The summed E-state index contributed by atoms with van der Waals surface area (Å²) in [6, 6.07) is 9.52. The van der Waals surface area contributed by atoms with Gasteiger partial charge in [0.15, 0.2) is 9.84 Å². The van der Waals surface area contributed by atoms with Crippen LogP contribution in [-0.4, -0.2) is 24.9 Å². The van der Waals surface area contributed by atoms with E-state index in [2.05, 4.69) is 0 Å². The van der Waals surface area contributed by atoms with Gasteiger partial charge < -0.3 is 5.73 Å². The lowest BCUT2D eigenvalue weighted by molar-refractivity contribution is 0.599. The maximum absolute atomic E-state index is 11.6. The van der Waals surface area contributed by atoms with E-state index < -0.39 is 15.1 Å². The molecule has 5 heteroatoms. The summed E-state index contributed by atoms with van der Waals surface area (Å²) in [5.74, 6) is -0.263. The van der Waals surface area contributed by atoms with E-state index in [1.807, 2.05) is 30.3 Å². The van der Waals surface area contributed by atoms with Crippen LogP contribution in [0.5, 0.6) is 0 Å². The maximum atomic E-state index is 11.6. The van der Waals surface area contributed by atoms with Gasteiger partial charge in [0.05, 0.1) is 10.2 Å². The lowest BCUT2D eigenvalue weighted by atomic mass is 10.1. The average molecular weight is 255 g/mol. The molecule has 0 spiro atoms. The Hall–Kier alpha value is -0.940. The quantitative estimate of drug-likeness (QED) is 0.822. The summed E-state index contributed by atoms with van der Waals surface area (Å²) in [4.78, 5) is 0.296. The first-order chi connectivity index (χ1) is 7.43. The van der Waals surface area contributed by atoms with Gasteiger partial charge in [0.2, 0.25) is 0 Å². The second-order valence-corrected chi connectivity index (χ2v) is 6.83. The second-order valence-electron chi connectivity index (χ2n) is 4.16. The topological polar surface area (TPSA) is 60.2 Å². The average Bonchev–Trinajstić information content (AvgIpc) is 2.93. The molecule has 2 N–H and O–H groups in total. The highest BCUT2D eigenvalue weighted by Crippen LogP contribution is 2.52. The maximum Gasteiger partial charge on any atom is 0.151 e. The molecule has 1 aromatic carbocycles. The highest BCUT2D eigenvalue weighted by atomic mass is 32.2. The van der Waals surface area contributed by atoms with Gasteiger partial charge in [0.25, 0.3) is 0 Å². The van der Waals surface area contributed by atoms with Crippen LogP contribution in [0.2, 0.25) is 0 Å². The largest absolute Gasteiger partial charge is 0.393 e. The number of thiocarbonyl (C=S) groups is 1. The molecule has 0 amide bonds. The predicted molar refractivity (Wildman–Crippen MR) is 68.1 cm³/mol. The Morgan fingerprint density at radius 3 is 2.25 bits per heavy atom. The first-order valence-electron chi connectivity index (χ1n) is 4.96. The summed E-state index contributed by atoms with van der Waals surface area (Å²) < 4.78 is 23.2. The Kier molecular flexibility index (Phi) is 2.75. The van der Waals surface area contributed by atoms with E-state index in [1.54, 1.807) is 0 Å². The van der Waals surface area contributed by atoms with Crippen molar-refractivity contribution in [2.75, 3.05) is 6.26 Å². The van der Waals surface area contributed by atoms with E-state index >= 15 is 0 Å². The van der Waals surface area contributed by atoms with Gasteiger partial charge in [0.1, 0.15) is 0 Å². The lowest BCUT2D eigenvalue weighted by Crippen LogP contribution is -2.16. The van der Waals surface area contributed by atoms with Gasteiger partial charge in [-0.25, -0.2) is 8.42 Å². The van der Waals surface area contributed by atoms with Gasteiger partial charge in [-0.15, -0.1) is 0 Å². The van der Waals surface area contributed by atoms with Crippen LogP contribution in [-0.2, 0) is 9.84 Å². The molecule has 3 atom stereocenters. The van der Waals surface area contributed by atoms with Gasteiger partial charge in [-0.2, -0.15) is 0 Å². The van der Waals surface area contributed by atoms with Crippen LogP contribution in [0.4, 0.5) is 0 Å². The number of rotatable bonds is 3. The van der Waals surface area contributed by atoms with Gasteiger partial charge >= 0.3 is 0 Å². The monoisotopic (exact) mass is 255 g/mol. The molecular formula is C11H13NO2S2. The molecular weight excluding hydrogens is 242 g/mol. The first kappa shape index (κ1) is 11.5. The first-order valence-corrected chi connectivity index (χ1v) is 7.32. The normalized spacial score (nSPS) is 28.7. The zero-order chi connectivity index (χ0) is 11.9. The van der Waals surface area contributed by atoms with E-state index in [0.29, 0.717) is 4.99 Å². The number of benzene rings is 1. The highest BCUT2D eigenvalue weighted by molar-refractivity contribution is 7.91. The number of hydrogen-bond acceptors (Lipinski definition) is 3. The van der Waals surface area contributed by atoms with Crippen LogP contribution in [0.15, 0.2) is 30.3 Å². The van der Waals surface area contributed by atoms with Crippen molar-refractivity contribution in [3.8, 4) is 0 Å². The Morgan fingerprint density at radius 2 is 1.88 bits per heavy atom. The Labute approximate surface area is 101 Å². The molecule has 1 aromatic rings. The van der Waals surface area contributed by atoms with Crippen molar-refractivity contribution >= 4 is 27.0 Å². The van der Waals surface area contributed by atoms with Gasteiger partial charge in [-0.05, 0) is 5.56 Å². The summed E-state index contributed by atoms with van der Waals surface area (Å²) >= 11 is 4.92. The fourth-order valence-corrected chi connectivity index (χ4v) is 4.22. The van der Waals surface area contributed by atoms with Crippen molar-refractivity contribution in [1.82, 2.24) is 0 Å². The third-order valence-electron chi connectivity index (χ3n) is 2.96. The third kappa shape index (κ3) is 1.97. The third-order valence-corrected chi connectivity index (χ3v) is 4.81. The molecule has 1 aliphatic carbocycles. The molecule has 2 rings (SSSR count). The summed E-state index contributed by atoms with van der Waals surface area (Å²) in [6.07, 6.45) is 1.24. The number of sulfone groups is 1. The number of hydrogen-bond donors (Lipinski definition) is 1. The molecule has 0 saturated heterocycles. The van der Waals surface area contributed by atoms with Crippen molar-refractivity contribution in [1.29, 1.82) is 0 Å². The standard InChI is InChI=1S/C11H13NO2S2/c1-16(13,14)10-8(9(10)11(12)15)7-5-3-2-4-6-7/h2-6,8-10H,1H3,(H2,12,15)/t8-,9+,10+/m1/s1. The van der Waals surface area contributed by atoms with Crippen molar-refractivity contribution in [3.05, 3.63) is 35.9 Å². The molecule has 0 aliphatic heterocycles. The van der Waals surface area contributed by atoms with Crippen LogP contribution in [0.25, 0.3) is 0 Å². The SMILES string of the molecule is CS(=O)(=O)[C@@H]1[C@@H](C(N)=S)[C@H]1c1ccccc1. The summed E-state index contributed by atoms with van der Waals surface area (Å²) in [5.41, 5.74) is 6.58. The Morgan fingerprint density at radius 1 is 1.31 bits per heavy atom. The Bertz CT molecular complexity index is 510. The van der Waals surface area contributed by atoms with Crippen LogP contribution in [0.1, 0.15) is 11.5 Å². The molecule has 1 saturated carbocycles.